The summed E-state index contributed by atoms with van der Waals surface area (Å²) < 4.78 is 0. The summed E-state index contributed by atoms with van der Waals surface area (Å²) in [6, 6.07) is 0. The molecular weight excluding hydrogens is 103 g/mol. The van der Waals surface area contributed by atoms with E-state index >= 15 is 0 Å². The predicted octanol–water partition coefficient (Wildman–Crippen LogP) is 2.16. The van der Waals surface area contributed by atoms with Crippen molar-refractivity contribution in [3.8, 4) is 11.8 Å². The van der Waals surface area contributed by atoms with E-state index in [-0.39, 0.29) is 0 Å². The van der Waals surface area contributed by atoms with Crippen LogP contribution in [0, 0.1) is 11.8 Å². The van der Waals surface area contributed by atoms with E-state index in [4.69, 9.17) is 0 Å². The van der Waals surface area contributed by atoms with Crippen LogP contribution in [0.3, 0.4) is 0 Å². The molecule has 0 fully saturated rings. The fourth-order valence-electron chi connectivity index (χ4n) is 0.677. The summed E-state index contributed by atoms with van der Waals surface area (Å²) >= 11 is 2.22. The summed E-state index contributed by atoms with van der Waals surface area (Å²) in [5, 5.41) is 1.30. The van der Waals surface area contributed by atoms with Crippen LogP contribution in [0.1, 0.15) is 32.6 Å². The van der Waals surface area contributed by atoms with Crippen molar-refractivity contribution in [2.75, 3.05) is 0 Å². The van der Waals surface area contributed by atoms with Crippen molar-refractivity contribution in [1.82, 2.24) is 0 Å². The molecule has 0 spiro atoms. The van der Waals surface area contributed by atoms with Gasteiger partial charge in [-0.15, -0.1) is 0 Å². The van der Waals surface area contributed by atoms with Crippen LogP contribution in [-0.4, -0.2) is 17.7 Å². The third-order valence-corrected chi connectivity index (χ3v) is 1.21. The Labute approximate surface area is 67.6 Å². The fraction of sp³-hybridized carbons (Fsp3) is 0.750. The van der Waals surface area contributed by atoms with Crippen LogP contribution in [-0.2, 0) is 0 Å². The number of hydrogen-bond donors (Lipinski definition) is 0. The molecule has 0 heterocycles. The van der Waals surface area contributed by atoms with Gasteiger partial charge in [0.1, 0.15) is 0 Å². The van der Waals surface area contributed by atoms with E-state index < -0.39 is 0 Å². The van der Waals surface area contributed by atoms with Crippen molar-refractivity contribution in [2.45, 2.75) is 37.7 Å². The molecule has 0 aromatic heterocycles. The van der Waals surface area contributed by atoms with Gasteiger partial charge in [-0.3, -0.25) is 0 Å². The molecule has 0 rings (SSSR count). The molecule has 1 heteroatoms. The molecule has 0 atom stereocenters. The fourth-order valence-corrected chi connectivity index (χ4v) is 0.677. The molecule has 0 saturated heterocycles. The Morgan fingerprint density at radius 3 is 2.56 bits per heavy atom. The molecule has 0 nitrogen and oxygen atoms in total. The maximum atomic E-state index is 3.12. The standard InChI is InChI=1S/C8H13.Li/c1-3-5-7-8-6-4-2;/h1,3-5,7H2,2H3;. The second-order valence-corrected chi connectivity index (χ2v) is 2.16. The zero-order valence-electron chi connectivity index (χ0n) is 6.54. The first-order chi connectivity index (χ1) is 4.41. The van der Waals surface area contributed by atoms with Gasteiger partial charge in [0, 0.05) is 0 Å². The van der Waals surface area contributed by atoms with Crippen molar-refractivity contribution in [3.63, 3.8) is 0 Å². The van der Waals surface area contributed by atoms with Crippen molar-refractivity contribution in [2.24, 2.45) is 0 Å². The molecular formula is C8H13Li. The van der Waals surface area contributed by atoms with Crippen LogP contribution in [0.25, 0.3) is 0 Å². The number of rotatable bonds is 3. The molecule has 0 unspecified atom stereocenters. The molecule has 0 saturated carbocycles. The Kier molecular flexibility index (Phi) is 8.30. The van der Waals surface area contributed by atoms with Gasteiger partial charge in [-0.25, -0.2) is 0 Å². The quantitative estimate of drug-likeness (QED) is 0.301. The summed E-state index contributed by atoms with van der Waals surface area (Å²) in [4.78, 5) is 0. The van der Waals surface area contributed by atoms with E-state index in [1.54, 1.807) is 0 Å². The van der Waals surface area contributed by atoms with E-state index in [1.165, 1.54) is 17.9 Å². The Morgan fingerprint density at radius 1 is 1.22 bits per heavy atom. The monoisotopic (exact) mass is 116 g/mol. The van der Waals surface area contributed by atoms with Crippen LogP contribution in [0.2, 0.25) is 5.09 Å². The van der Waals surface area contributed by atoms with Gasteiger partial charge < -0.3 is 0 Å². The van der Waals surface area contributed by atoms with E-state index in [0.29, 0.717) is 0 Å². The first-order valence-electron chi connectivity index (χ1n) is 3.87. The van der Waals surface area contributed by atoms with Crippen molar-refractivity contribution >= 4 is 17.7 Å². The molecule has 0 aliphatic carbocycles. The van der Waals surface area contributed by atoms with Crippen LogP contribution in [0.5, 0.6) is 0 Å². The van der Waals surface area contributed by atoms with Gasteiger partial charge in [0.2, 0.25) is 0 Å². The zero-order valence-corrected chi connectivity index (χ0v) is 6.54. The van der Waals surface area contributed by atoms with E-state index in [1.807, 2.05) is 0 Å². The summed E-state index contributed by atoms with van der Waals surface area (Å²) in [6.45, 7) is 2.09. The Hall–Kier alpha value is 0.157. The van der Waals surface area contributed by atoms with Gasteiger partial charge in [-0.1, -0.05) is 0 Å². The first-order valence-corrected chi connectivity index (χ1v) is 3.87. The van der Waals surface area contributed by atoms with Crippen molar-refractivity contribution < 1.29 is 0 Å². The van der Waals surface area contributed by atoms with Gasteiger partial charge in [0.25, 0.3) is 0 Å². The average molecular weight is 116 g/mol. The summed E-state index contributed by atoms with van der Waals surface area (Å²) in [5.41, 5.74) is 0. The third-order valence-electron chi connectivity index (χ3n) is 1.21. The molecule has 0 N–H and O–H groups in total. The molecule has 0 amide bonds. The topological polar surface area (TPSA) is 0 Å². The first kappa shape index (κ1) is 9.16. The summed E-state index contributed by atoms with van der Waals surface area (Å²) in [5.74, 6) is 6.18. The van der Waals surface area contributed by atoms with Crippen LogP contribution in [0.4, 0.5) is 0 Å². The van der Waals surface area contributed by atoms with Crippen LogP contribution >= 0.6 is 0 Å². The predicted molar refractivity (Wildman–Crippen MR) is 42.5 cm³/mol. The molecule has 0 aromatic carbocycles. The molecule has 9 heavy (non-hydrogen) atoms. The van der Waals surface area contributed by atoms with E-state index in [0.717, 1.165) is 12.8 Å². The molecule has 0 aromatic rings. The molecule has 0 radical (unpaired) electrons. The summed E-state index contributed by atoms with van der Waals surface area (Å²) in [7, 11) is 0. The molecule has 0 bridgehead atoms. The van der Waals surface area contributed by atoms with Gasteiger partial charge >= 0.3 is 67.3 Å². The Morgan fingerprint density at radius 2 is 2.00 bits per heavy atom. The minimum absolute atomic E-state index is 1.01. The molecule has 0 aliphatic heterocycles. The SMILES string of the molecule is [Li][CH2]CCCC#CCC. The normalized spacial score (nSPS) is 8.33. The zero-order chi connectivity index (χ0) is 6.95. The van der Waals surface area contributed by atoms with Gasteiger partial charge in [0.15, 0.2) is 0 Å². The summed E-state index contributed by atoms with van der Waals surface area (Å²) in [6.07, 6.45) is 4.72. The maximum absolute atomic E-state index is 3.12. The van der Waals surface area contributed by atoms with Crippen LogP contribution < -0.4 is 0 Å². The van der Waals surface area contributed by atoms with Gasteiger partial charge in [-0.05, 0) is 0 Å². The molecule has 0 aliphatic rings. The third kappa shape index (κ3) is 8.16. The average Bonchev–Trinajstić information content (AvgIpc) is 1.89. The van der Waals surface area contributed by atoms with Gasteiger partial charge in [-0.2, -0.15) is 0 Å². The number of hydrogen-bond acceptors (Lipinski definition) is 0. The van der Waals surface area contributed by atoms with Crippen LogP contribution in [0.15, 0.2) is 0 Å². The Balaban J connectivity index is 2.90. The van der Waals surface area contributed by atoms with E-state index in [9.17, 15) is 0 Å². The van der Waals surface area contributed by atoms with Crippen molar-refractivity contribution in [1.29, 1.82) is 0 Å². The van der Waals surface area contributed by atoms with E-state index in [2.05, 4.69) is 36.5 Å². The van der Waals surface area contributed by atoms with Crippen molar-refractivity contribution in [3.05, 3.63) is 0 Å². The van der Waals surface area contributed by atoms with Gasteiger partial charge in [0.05, 0.1) is 0 Å². The minimum atomic E-state index is 1.01. The Bertz CT molecular complexity index is 96.9. The second-order valence-electron chi connectivity index (χ2n) is 2.16. The molecule has 46 valence electrons. The second kappa shape index (κ2) is 8.16. The number of unbranched alkanes of at least 4 members (excludes halogenated alkanes) is 2.